The number of Topliss-reactive ketones (excluding diaryl/α,β-unsaturated/α-hetero) is 1. The van der Waals surface area contributed by atoms with Crippen molar-refractivity contribution in [3.8, 4) is 16.9 Å². The van der Waals surface area contributed by atoms with Crippen molar-refractivity contribution in [3.05, 3.63) is 48.0 Å². The second-order valence-corrected chi connectivity index (χ2v) is 4.80. The molecular weight excluding hydrogens is 282 g/mol. The van der Waals surface area contributed by atoms with Gasteiger partial charge in [-0.1, -0.05) is 24.3 Å². The molecule has 0 saturated heterocycles. The zero-order valence-corrected chi connectivity index (χ0v) is 12.7. The van der Waals surface area contributed by atoms with Gasteiger partial charge in [0, 0.05) is 6.42 Å². The molecule has 0 aliphatic heterocycles. The molecule has 2 aromatic carbocycles. The Balaban J connectivity index is 2.63. The second-order valence-electron chi connectivity index (χ2n) is 4.62. The van der Waals surface area contributed by atoms with Gasteiger partial charge in [-0.15, -0.1) is 0 Å². The molecule has 0 radical (unpaired) electrons. The molecule has 0 N–H and O–H groups in total. The van der Waals surface area contributed by atoms with E-state index in [4.69, 9.17) is 4.74 Å². The van der Waals surface area contributed by atoms with Crippen LogP contribution in [0.3, 0.4) is 0 Å². The summed E-state index contributed by atoms with van der Waals surface area (Å²) in [7, 11) is 1.63. The van der Waals surface area contributed by atoms with Crippen LogP contribution in [0.25, 0.3) is 11.1 Å². The normalized spacial score (nSPS) is 9.81. The molecule has 0 aliphatic rings. The molecule has 0 amide bonds. The van der Waals surface area contributed by atoms with E-state index >= 15 is 0 Å². The lowest BCUT2D eigenvalue weighted by atomic mass is 9.95. The van der Waals surface area contributed by atoms with Crippen molar-refractivity contribution in [2.24, 2.45) is 4.99 Å². The number of benzene rings is 2. The average Bonchev–Trinajstić information content (AvgIpc) is 2.49. The van der Waals surface area contributed by atoms with Crippen LogP contribution in [-0.4, -0.2) is 18.1 Å². The Bertz CT molecular complexity index is 718. The van der Waals surface area contributed by atoms with Gasteiger partial charge in [0.2, 0.25) is 0 Å². The quantitative estimate of drug-likeness (QED) is 0.612. The summed E-state index contributed by atoms with van der Waals surface area (Å²) >= 11 is 4.69. The van der Waals surface area contributed by atoms with Gasteiger partial charge in [-0.3, -0.25) is 4.79 Å². The first-order chi connectivity index (χ1) is 10.2. The summed E-state index contributed by atoms with van der Waals surface area (Å²) in [6.45, 7) is 1.56. The van der Waals surface area contributed by atoms with Crippen LogP contribution in [0, 0.1) is 0 Å². The molecule has 2 aromatic rings. The molecule has 4 heteroatoms. The van der Waals surface area contributed by atoms with E-state index in [9.17, 15) is 4.79 Å². The number of carbonyl (C=O) groups is 1. The van der Waals surface area contributed by atoms with Crippen LogP contribution in [0.15, 0.2) is 47.5 Å². The lowest BCUT2D eigenvalue weighted by Gasteiger charge is -2.12. The number of rotatable bonds is 5. The third kappa shape index (κ3) is 3.63. The van der Waals surface area contributed by atoms with Gasteiger partial charge in [0.1, 0.15) is 11.5 Å². The first kappa shape index (κ1) is 15.1. The Hall–Kier alpha value is -2.29. The molecule has 106 valence electrons. The van der Waals surface area contributed by atoms with Gasteiger partial charge >= 0.3 is 0 Å². The summed E-state index contributed by atoms with van der Waals surface area (Å²) in [5, 5.41) is 2.37. The molecule has 3 nitrogen and oxygen atoms in total. The number of hydrogen-bond acceptors (Lipinski definition) is 4. The summed E-state index contributed by atoms with van der Waals surface area (Å²) in [5.41, 5.74) is 3.47. The predicted molar refractivity (Wildman–Crippen MR) is 87.5 cm³/mol. The Labute approximate surface area is 129 Å². The molecule has 0 bridgehead atoms. The fourth-order valence-electron chi connectivity index (χ4n) is 2.22. The third-order valence-corrected chi connectivity index (χ3v) is 3.22. The third-order valence-electron chi connectivity index (χ3n) is 3.12. The number of nitrogens with zero attached hydrogens (tertiary/aromatic N) is 1. The molecular formula is C17H15NO2S. The zero-order chi connectivity index (χ0) is 15.2. The Morgan fingerprint density at radius 1 is 1.29 bits per heavy atom. The zero-order valence-electron chi connectivity index (χ0n) is 11.9. The van der Waals surface area contributed by atoms with E-state index in [1.807, 2.05) is 42.5 Å². The molecule has 0 fully saturated rings. The molecule has 0 aromatic heterocycles. The average molecular weight is 297 g/mol. The van der Waals surface area contributed by atoms with Crippen LogP contribution < -0.4 is 4.74 Å². The van der Waals surface area contributed by atoms with Crippen LogP contribution in [-0.2, 0) is 11.2 Å². The van der Waals surface area contributed by atoms with Crippen LogP contribution in [0.5, 0.6) is 5.75 Å². The second kappa shape index (κ2) is 6.93. The molecule has 0 unspecified atom stereocenters. The van der Waals surface area contributed by atoms with E-state index in [0.717, 1.165) is 22.4 Å². The summed E-state index contributed by atoms with van der Waals surface area (Å²) in [6, 6.07) is 13.4. The maximum Gasteiger partial charge on any atom is 0.134 e. The number of isothiocyanates is 1. The highest BCUT2D eigenvalue weighted by molar-refractivity contribution is 7.78. The Morgan fingerprint density at radius 3 is 2.71 bits per heavy atom. The predicted octanol–water partition coefficient (Wildman–Crippen LogP) is 4.23. The largest absolute Gasteiger partial charge is 0.497 e. The van der Waals surface area contributed by atoms with Gasteiger partial charge in [-0.2, -0.15) is 4.99 Å². The number of aliphatic imine (C=N–C) groups is 1. The van der Waals surface area contributed by atoms with Gasteiger partial charge in [0.25, 0.3) is 0 Å². The number of ketones is 1. The van der Waals surface area contributed by atoms with Crippen molar-refractivity contribution in [1.82, 2.24) is 0 Å². The minimum Gasteiger partial charge on any atom is -0.497 e. The lowest BCUT2D eigenvalue weighted by molar-refractivity contribution is -0.116. The monoisotopic (exact) mass is 297 g/mol. The van der Waals surface area contributed by atoms with E-state index < -0.39 is 0 Å². The first-order valence-corrected chi connectivity index (χ1v) is 6.90. The smallest absolute Gasteiger partial charge is 0.134 e. The molecule has 0 spiro atoms. The fraction of sp³-hybridized carbons (Fsp3) is 0.176. The minimum absolute atomic E-state index is 0.0752. The van der Waals surface area contributed by atoms with Gasteiger partial charge < -0.3 is 4.74 Å². The highest BCUT2D eigenvalue weighted by atomic mass is 32.1. The highest BCUT2D eigenvalue weighted by Gasteiger charge is 2.12. The van der Waals surface area contributed by atoms with Crippen molar-refractivity contribution >= 4 is 28.8 Å². The number of ether oxygens (including phenoxy) is 1. The molecule has 2 rings (SSSR count). The van der Waals surface area contributed by atoms with Gasteiger partial charge in [0.05, 0.1) is 18.0 Å². The molecule has 21 heavy (non-hydrogen) atoms. The summed E-state index contributed by atoms with van der Waals surface area (Å²) in [6.07, 6.45) is 0.309. The van der Waals surface area contributed by atoms with Crippen molar-refractivity contribution in [2.75, 3.05) is 7.11 Å². The van der Waals surface area contributed by atoms with Crippen LogP contribution >= 0.6 is 12.2 Å². The summed E-state index contributed by atoms with van der Waals surface area (Å²) < 4.78 is 5.26. The van der Waals surface area contributed by atoms with E-state index in [1.54, 1.807) is 14.0 Å². The van der Waals surface area contributed by atoms with Gasteiger partial charge in [-0.25, -0.2) is 0 Å². The molecule has 0 saturated carbocycles. The fourth-order valence-corrected chi connectivity index (χ4v) is 2.32. The van der Waals surface area contributed by atoms with E-state index in [2.05, 4.69) is 22.4 Å². The van der Waals surface area contributed by atoms with Crippen LogP contribution in [0.2, 0.25) is 0 Å². The van der Waals surface area contributed by atoms with Crippen molar-refractivity contribution in [3.63, 3.8) is 0 Å². The van der Waals surface area contributed by atoms with Crippen LogP contribution in [0.4, 0.5) is 5.69 Å². The number of methoxy groups -OCH3 is 1. The van der Waals surface area contributed by atoms with Gasteiger partial charge in [-0.05, 0) is 54.0 Å². The summed E-state index contributed by atoms with van der Waals surface area (Å²) in [4.78, 5) is 15.6. The first-order valence-electron chi connectivity index (χ1n) is 6.49. The van der Waals surface area contributed by atoms with Crippen molar-refractivity contribution in [2.45, 2.75) is 13.3 Å². The molecule has 0 atom stereocenters. The maximum atomic E-state index is 11.6. The van der Waals surface area contributed by atoms with Crippen LogP contribution in [0.1, 0.15) is 12.5 Å². The number of carbonyl (C=O) groups excluding carboxylic acids is 1. The molecule has 0 heterocycles. The lowest BCUT2D eigenvalue weighted by Crippen LogP contribution is -1.99. The van der Waals surface area contributed by atoms with Crippen molar-refractivity contribution in [1.29, 1.82) is 0 Å². The summed E-state index contributed by atoms with van der Waals surface area (Å²) in [5.74, 6) is 0.844. The number of thiocarbonyl (C=S) groups is 1. The maximum absolute atomic E-state index is 11.6. The van der Waals surface area contributed by atoms with Gasteiger partial charge in [0.15, 0.2) is 0 Å². The molecule has 0 aliphatic carbocycles. The topological polar surface area (TPSA) is 38.7 Å². The SMILES string of the molecule is COc1cccc(-c2cccc(N=C=S)c2CC(C)=O)c1. The number of hydrogen-bond donors (Lipinski definition) is 0. The highest BCUT2D eigenvalue weighted by Crippen LogP contribution is 2.33. The Kier molecular flexibility index (Phi) is 4.99. The van der Waals surface area contributed by atoms with Crippen molar-refractivity contribution < 1.29 is 9.53 Å². The van der Waals surface area contributed by atoms with E-state index in [1.165, 1.54) is 0 Å². The Morgan fingerprint density at radius 2 is 2.05 bits per heavy atom. The van der Waals surface area contributed by atoms with E-state index in [-0.39, 0.29) is 5.78 Å². The standard InChI is InChI=1S/C17H15NO2S/c1-12(19)9-16-15(7-4-8-17(16)18-11-21)13-5-3-6-14(10-13)20-2/h3-8,10H,9H2,1-2H3. The van der Waals surface area contributed by atoms with E-state index in [0.29, 0.717) is 12.1 Å². The minimum atomic E-state index is 0.0752.